The molecule has 3 heteroatoms. The van der Waals surface area contributed by atoms with Crippen molar-refractivity contribution in [3.63, 3.8) is 0 Å². The van der Waals surface area contributed by atoms with Gasteiger partial charge >= 0.3 is 5.97 Å². The molecule has 2 unspecified atom stereocenters. The molecular weight excluding hydrogens is 204 g/mol. The molecule has 0 aliphatic carbocycles. The second-order valence-corrected chi connectivity index (χ2v) is 4.11. The Balaban J connectivity index is 1.88. The molecule has 0 bridgehead atoms. The summed E-state index contributed by atoms with van der Waals surface area (Å²) in [6.07, 6.45) is 2.03. The zero-order valence-corrected chi connectivity index (χ0v) is 9.39. The Morgan fingerprint density at radius 2 is 2.06 bits per heavy atom. The minimum Gasteiger partial charge on any atom is -0.456 e. The standard InChI is InChI=1S/C13H16O3/c1-10-7-8-12(9-15-10)16-13(14)11-5-3-2-4-6-11/h2-6,10,12H,7-9H2,1H3. The molecule has 1 aromatic carbocycles. The van der Waals surface area contributed by atoms with E-state index in [1.807, 2.05) is 25.1 Å². The van der Waals surface area contributed by atoms with Gasteiger partial charge in [0.2, 0.25) is 0 Å². The fraction of sp³-hybridized carbons (Fsp3) is 0.462. The molecule has 1 aliphatic rings. The first-order valence-corrected chi connectivity index (χ1v) is 5.63. The SMILES string of the molecule is CC1CCC(OC(=O)c2ccccc2)CO1. The van der Waals surface area contributed by atoms with Crippen molar-refractivity contribution in [3.8, 4) is 0 Å². The first-order valence-electron chi connectivity index (χ1n) is 5.63. The van der Waals surface area contributed by atoms with E-state index in [9.17, 15) is 4.79 Å². The maximum Gasteiger partial charge on any atom is 0.338 e. The van der Waals surface area contributed by atoms with Gasteiger partial charge in [-0.1, -0.05) is 18.2 Å². The molecule has 1 saturated heterocycles. The summed E-state index contributed by atoms with van der Waals surface area (Å²) in [4.78, 5) is 11.7. The highest BCUT2D eigenvalue weighted by molar-refractivity contribution is 5.89. The quantitative estimate of drug-likeness (QED) is 0.718. The zero-order chi connectivity index (χ0) is 11.4. The van der Waals surface area contributed by atoms with E-state index in [0.29, 0.717) is 12.2 Å². The monoisotopic (exact) mass is 220 g/mol. The zero-order valence-electron chi connectivity index (χ0n) is 9.39. The van der Waals surface area contributed by atoms with Crippen molar-refractivity contribution in [1.29, 1.82) is 0 Å². The van der Waals surface area contributed by atoms with Gasteiger partial charge < -0.3 is 9.47 Å². The van der Waals surface area contributed by atoms with Crippen molar-refractivity contribution in [2.45, 2.75) is 32.0 Å². The smallest absolute Gasteiger partial charge is 0.338 e. The average Bonchev–Trinajstić information content (AvgIpc) is 2.33. The predicted molar refractivity (Wildman–Crippen MR) is 60.3 cm³/mol. The van der Waals surface area contributed by atoms with Crippen LogP contribution in [-0.4, -0.2) is 24.8 Å². The van der Waals surface area contributed by atoms with Crippen LogP contribution in [0.2, 0.25) is 0 Å². The van der Waals surface area contributed by atoms with Gasteiger partial charge in [0, 0.05) is 0 Å². The number of ether oxygens (including phenoxy) is 2. The molecule has 0 spiro atoms. The lowest BCUT2D eigenvalue weighted by Gasteiger charge is -2.26. The molecule has 1 aliphatic heterocycles. The summed E-state index contributed by atoms with van der Waals surface area (Å²) in [7, 11) is 0. The van der Waals surface area contributed by atoms with Gasteiger partial charge in [-0.2, -0.15) is 0 Å². The molecule has 86 valence electrons. The van der Waals surface area contributed by atoms with E-state index in [-0.39, 0.29) is 18.2 Å². The van der Waals surface area contributed by atoms with Crippen molar-refractivity contribution >= 4 is 5.97 Å². The van der Waals surface area contributed by atoms with Gasteiger partial charge in [-0.25, -0.2) is 4.79 Å². The number of carbonyl (C=O) groups is 1. The molecule has 3 nitrogen and oxygen atoms in total. The van der Waals surface area contributed by atoms with E-state index in [0.717, 1.165) is 12.8 Å². The molecular formula is C13H16O3. The van der Waals surface area contributed by atoms with Crippen LogP contribution in [0.1, 0.15) is 30.1 Å². The lowest BCUT2D eigenvalue weighted by atomic mass is 10.1. The van der Waals surface area contributed by atoms with Crippen molar-refractivity contribution in [2.75, 3.05) is 6.61 Å². The van der Waals surface area contributed by atoms with Crippen molar-refractivity contribution in [3.05, 3.63) is 35.9 Å². The molecule has 1 heterocycles. The maximum atomic E-state index is 11.7. The summed E-state index contributed by atoms with van der Waals surface area (Å²) in [6.45, 7) is 2.55. The van der Waals surface area contributed by atoms with Crippen molar-refractivity contribution in [2.24, 2.45) is 0 Å². The molecule has 2 rings (SSSR count). The third kappa shape index (κ3) is 2.83. The number of rotatable bonds is 2. The maximum absolute atomic E-state index is 11.7. The Kier molecular flexibility index (Phi) is 3.57. The lowest BCUT2D eigenvalue weighted by Crippen LogP contribution is -2.31. The fourth-order valence-corrected chi connectivity index (χ4v) is 1.75. The highest BCUT2D eigenvalue weighted by Gasteiger charge is 2.22. The number of hydrogen-bond acceptors (Lipinski definition) is 3. The van der Waals surface area contributed by atoms with E-state index in [2.05, 4.69) is 0 Å². The molecule has 0 aromatic heterocycles. The molecule has 0 amide bonds. The summed E-state index contributed by atoms with van der Waals surface area (Å²) < 4.78 is 10.8. The number of hydrogen-bond donors (Lipinski definition) is 0. The van der Waals surface area contributed by atoms with E-state index < -0.39 is 0 Å². The van der Waals surface area contributed by atoms with E-state index in [1.165, 1.54) is 0 Å². The second kappa shape index (κ2) is 5.12. The van der Waals surface area contributed by atoms with Crippen LogP contribution in [0, 0.1) is 0 Å². The van der Waals surface area contributed by atoms with Gasteiger partial charge in [0.25, 0.3) is 0 Å². The average molecular weight is 220 g/mol. The largest absolute Gasteiger partial charge is 0.456 e. The Morgan fingerprint density at radius 3 is 2.69 bits per heavy atom. The Bertz CT molecular complexity index is 339. The van der Waals surface area contributed by atoms with Crippen LogP contribution in [0.4, 0.5) is 0 Å². The van der Waals surface area contributed by atoms with Gasteiger partial charge in [0.1, 0.15) is 6.10 Å². The van der Waals surface area contributed by atoms with Gasteiger partial charge in [0.05, 0.1) is 18.3 Å². The van der Waals surface area contributed by atoms with E-state index in [1.54, 1.807) is 12.1 Å². The van der Waals surface area contributed by atoms with Gasteiger partial charge in [-0.3, -0.25) is 0 Å². The Hall–Kier alpha value is -1.35. The first kappa shape index (κ1) is 11.1. The first-order chi connectivity index (χ1) is 7.75. The van der Waals surface area contributed by atoms with Gasteiger partial charge in [-0.15, -0.1) is 0 Å². The third-order valence-electron chi connectivity index (χ3n) is 2.74. The third-order valence-corrected chi connectivity index (χ3v) is 2.74. The van der Waals surface area contributed by atoms with Crippen molar-refractivity contribution < 1.29 is 14.3 Å². The number of benzene rings is 1. The molecule has 16 heavy (non-hydrogen) atoms. The number of carbonyl (C=O) groups excluding carboxylic acids is 1. The predicted octanol–water partition coefficient (Wildman–Crippen LogP) is 2.41. The fourth-order valence-electron chi connectivity index (χ4n) is 1.75. The lowest BCUT2D eigenvalue weighted by molar-refractivity contribution is -0.0602. The minimum absolute atomic E-state index is 0.0936. The molecule has 1 fully saturated rings. The number of esters is 1. The van der Waals surface area contributed by atoms with Crippen LogP contribution in [0.15, 0.2) is 30.3 Å². The van der Waals surface area contributed by atoms with Crippen LogP contribution in [0.3, 0.4) is 0 Å². The summed E-state index contributed by atoms with van der Waals surface area (Å²) in [6, 6.07) is 9.05. The summed E-state index contributed by atoms with van der Waals surface area (Å²) in [5, 5.41) is 0. The molecule has 1 aromatic rings. The summed E-state index contributed by atoms with van der Waals surface area (Å²) >= 11 is 0. The van der Waals surface area contributed by atoms with Crippen LogP contribution in [0.25, 0.3) is 0 Å². The van der Waals surface area contributed by atoms with Crippen LogP contribution >= 0.6 is 0 Å². The molecule has 0 radical (unpaired) electrons. The topological polar surface area (TPSA) is 35.5 Å². The molecule has 0 N–H and O–H groups in total. The molecule has 0 saturated carbocycles. The van der Waals surface area contributed by atoms with Crippen LogP contribution < -0.4 is 0 Å². The summed E-state index contributed by atoms with van der Waals surface area (Å²) in [5.41, 5.74) is 0.598. The molecule has 2 atom stereocenters. The minimum atomic E-state index is -0.260. The normalized spacial score (nSPS) is 25.1. The van der Waals surface area contributed by atoms with Gasteiger partial charge in [0.15, 0.2) is 0 Å². The van der Waals surface area contributed by atoms with Crippen molar-refractivity contribution in [1.82, 2.24) is 0 Å². The van der Waals surface area contributed by atoms with Gasteiger partial charge in [-0.05, 0) is 31.9 Å². The van der Waals surface area contributed by atoms with E-state index >= 15 is 0 Å². The Morgan fingerprint density at radius 1 is 1.31 bits per heavy atom. The van der Waals surface area contributed by atoms with Crippen LogP contribution in [-0.2, 0) is 9.47 Å². The van der Waals surface area contributed by atoms with Crippen LogP contribution in [0.5, 0.6) is 0 Å². The van der Waals surface area contributed by atoms with E-state index in [4.69, 9.17) is 9.47 Å². The highest BCUT2D eigenvalue weighted by atomic mass is 16.6. The highest BCUT2D eigenvalue weighted by Crippen LogP contribution is 2.16. The Labute approximate surface area is 95.4 Å². The second-order valence-electron chi connectivity index (χ2n) is 4.11. The summed E-state index contributed by atoms with van der Waals surface area (Å²) in [5.74, 6) is -0.260.